The van der Waals surface area contributed by atoms with Gasteiger partial charge in [-0.15, -0.1) is 0 Å². The second-order valence-corrected chi connectivity index (χ2v) is 7.62. The van der Waals surface area contributed by atoms with E-state index in [1.807, 2.05) is 12.1 Å². The fourth-order valence-electron chi connectivity index (χ4n) is 3.00. The molecule has 1 aromatic carbocycles. The van der Waals surface area contributed by atoms with Crippen LogP contribution in [0.5, 0.6) is 11.5 Å². The molecular weight excluding hydrogens is 286 g/mol. The number of methoxy groups -OCH3 is 1. The number of benzene rings is 1. The van der Waals surface area contributed by atoms with Crippen LogP contribution in [0.1, 0.15) is 32.3 Å². The summed E-state index contributed by atoms with van der Waals surface area (Å²) < 4.78 is 17.4. The second-order valence-electron chi connectivity index (χ2n) is 5.66. The van der Waals surface area contributed by atoms with Crippen molar-refractivity contribution in [2.45, 2.75) is 38.0 Å². The topological polar surface area (TPSA) is 49.8 Å². The first-order chi connectivity index (χ1) is 10.0. The highest BCUT2D eigenvalue weighted by Gasteiger charge is 2.38. The highest BCUT2D eigenvalue weighted by Crippen LogP contribution is 2.31. The lowest BCUT2D eigenvalue weighted by Gasteiger charge is -2.41. The van der Waals surface area contributed by atoms with Gasteiger partial charge in [0.1, 0.15) is 0 Å². The van der Waals surface area contributed by atoms with Crippen LogP contribution in [0.25, 0.3) is 0 Å². The van der Waals surface area contributed by atoms with E-state index < -0.39 is 10.8 Å². The fourth-order valence-corrected chi connectivity index (χ4v) is 4.82. The van der Waals surface area contributed by atoms with Gasteiger partial charge in [-0.2, -0.15) is 0 Å². The average molecular weight is 311 g/mol. The summed E-state index contributed by atoms with van der Waals surface area (Å²) in [7, 11) is 0.826. The monoisotopic (exact) mass is 311 g/mol. The van der Waals surface area contributed by atoms with E-state index >= 15 is 0 Å². The maximum absolute atomic E-state index is 12.4. The van der Waals surface area contributed by atoms with E-state index in [1.165, 1.54) is 0 Å². The van der Waals surface area contributed by atoms with Gasteiger partial charge in [-0.05, 0) is 30.5 Å². The highest BCUT2D eigenvalue weighted by molar-refractivity contribution is 7.86. The van der Waals surface area contributed by atoms with Crippen molar-refractivity contribution in [1.82, 2.24) is 4.90 Å². The predicted molar refractivity (Wildman–Crippen MR) is 86.3 cm³/mol. The maximum Gasteiger partial charge on any atom is 0.160 e. The summed E-state index contributed by atoms with van der Waals surface area (Å²) in [6.45, 7) is 6.80. The predicted octanol–water partition coefficient (Wildman–Crippen LogP) is 2.52. The Morgan fingerprint density at radius 2 is 2.10 bits per heavy atom. The highest BCUT2D eigenvalue weighted by atomic mass is 32.2. The van der Waals surface area contributed by atoms with Gasteiger partial charge in [0, 0.05) is 36.2 Å². The van der Waals surface area contributed by atoms with Crippen molar-refractivity contribution in [1.29, 1.82) is 0 Å². The third-order valence-electron chi connectivity index (χ3n) is 4.53. The van der Waals surface area contributed by atoms with Crippen LogP contribution in [0, 0.1) is 0 Å². The SMILES string of the molecule is CCC1(CC)CN(Cc2ccc(O)c(OC)c2)CC[S@]1=O. The molecule has 1 aliphatic heterocycles. The van der Waals surface area contributed by atoms with Crippen molar-refractivity contribution < 1.29 is 14.1 Å². The zero-order valence-electron chi connectivity index (χ0n) is 13.1. The van der Waals surface area contributed by atoms with Gasteiger partial charge in [0.15, 0.2) is 11.5 Å². The first kappa shape index (κ1) is 16.3. The van der Waals surface area contributed by atoms with Crippen LogP contribution in [0.15, 0.2) is 18.2 Å². The molecule has 0 aliphatic carbocycles. The standard InChI is InChI=1S/C16H25NO3S/c1-4-16(5-2)12-17(8-9-21(16)19)11-13-6-7-14(18)15(10-13)20-3/h6-7,10,18H,4-5,8-9,11-12H2,1-3H3/t21-/m1/s1. The van der Waals surface area contributed by atoms with Crippen LogP contribution in [-0.2, 0) is 17.3 Å². The summed E-state index contributed by atoms with van der Waals surface area (Å²) in [5.41, 5.74) is 1.11. The Morgan fingerprint density at radius 3 is 2.71 bits per heavy atom. The number of hydrogen-bond acceptors (Lipinski definition) is 4. The molecule has 118 valence electrons. The molecule has 0 amide bonds. The summed E-state index contributed by atoms with van der Waals surface area (Å²) in [6.07, 6.45) is 1.90. The Balaban J connectivity index is 2.11. The van der Waals surface area contributed by atoms with Crippen LogP contribution in [-0.4, -0.2) is 44.9 Å². The Kier molecular flexibility index (Phi) is 5.27. The van der Waals surface area contributed by atoms with Gasteiger partial charge in [0.25, 0.3) is 0 Å². The van der Waals surface area contributed by atoms with Crippen LogP contribution in [0.2, 0.25) is 0 Å². The van der Waals surface area contributed by atoms with E-state index in [-0.39, 0.29) is 10.5 Å². The van der Waals surface area contributed by atoms with Crippen molar-refractivity contribution >= 4 is 10.8 Å². The maximum atomic E-state index is 12.4. The minimum atomic E-state index is -0.731. The van der Waals surface area contributed by atoms with E-state index in [9.17, 15) is 9.32 Å². The Hall–Kier alpha value is -1.07. The zero-order valence-corrected chi connectivity index (χ0v) is 13.9. The quantitative estimate of drug-likeness (QED) is 0.908. The lowest BCUT2D eigenvalue weighted by molar-refractivity contribution is 0.227. The first-order valence-corrected chi connectivity index (χ1v) is 8.83. The van der Waals surface area contributed by atoms with Gasteiger partial charge in [-0.3, -0.25) is 9.11 Å². The van der Waals surface area contributed by atoms with E-state index in [4.69, 9.17) is 4.74 Å². The van der Waals surface area contributed by atoms with E-state index in [0.29, 0.717) is 5.75 Å². The Morgan fingerprint density at radius 1 is 1.38 bits per heavy atom. The number of ether oxygens (including phenoxy) is 1. The van der Waals surface area contributed by atoms with E-state index in [0.717, 1.165) is 43.8 Å². The number of nitrogens with zero attached hydrogens (tertiary/aromatic N) is 1. The molecule has 5 heteroatoms. The van der Waals surface area contributed by atoms with Crippen molar-refractivity contribution in [2.24, 2.45) is 0 Å². The van der Waals surface area contributed by atoms with E-state index in [2.05, 4.69) is 18.7 Å². The van der Waals surface area contributed by atoms with Crippen LogP contribution in [0.4, 0.5) is 0 Å². The van der Waals surface area contributed by atoms with Gasteiger partial charge in [-0.25, -0.2) is 0 Å². The third kappa shape index (κ3) is 3.40. The average Bonchev–Trinajstić information content (AvgIpc) is 2.51. The molecule has 0 aromatic heterocycles. The van der Waals surface area contributed by atoms with Crippen molar-refractivity contribution in [3.63, 3.8) is 0 Å². The molecule has 1 saturated heterocycles. The minimum Gasteiger partial charge on any atom is -0.504 e. The summed E-state index contributed by atoms with van der Waals surface area (Å²) >= 11 is 0. The molecule has 1 atom stereocenters. The van der Waals surface area contributed by atoms with Gasteiger partial charge in [-0.1, -0.05) is 19.9 Å². The molecule has 2 rings (SSSR count). The summed E-state index contributed by atoms with van der Waals surface area (Å²) in [6, 6.07) is 5.46. The minimum absolute atomic E-state index is 0.0702. The molecule has 1 fully saturated rings. The molecule has 21 heavy (non-hydrogen) atoms. The van der Waals surface area contributed by atoms with Crippen LogP contribution >= 0.6 is 0 Å². The molecule has 1 aliphatic rings. The molecule has 1 aromatic rings. The largest absolute Gasteiger partial charge is 0.504 e. The molecule has 1 N–H and O–H groups in total. The second kappa shape index (κ2) is 6.79. The zero-order chi connectivity index (χ0) is 15.5. The van der Waals surface area contributed by atoms with Gasteiger partial charge in [0.05, 0.1) is 11.9 Å². The molecule has 0 saturated carbocycles. The lowest BCUT2D eigenvalue weighted by atomic mass is 10.0. The molecular formula is C16H25NO3S. The molecule has 0 spiro atoms. The van der Waals surface area contributed by atoms with Crippen LogP contribution in [0.3, 0.4) is 0 Å². The molecule has 1 heterocycles. The molecule has 0 bridgehead atoms. The van der Waals surface area contributed by atoms with Crippen molar-refractivity contribution in [2.75, 3.05) is 26.0 Å². The molecule has 0 radical (unpaired) electrons. The Bertz CT molecular complexity index is 514. The fraction of sp³-hybridized carbons (Fsp3) is 0.625. The number of hydrogen-bond donors (Lipinski definition) is 1. The first-order valence-electron chi connectivity index (χ1n) is 7.51. The van der Waals surface area contributed by atoms with Gasteiger partial charge >= 0.3 is 0 Å². The summed E-state index contributed by atoms with van der Waals surface area (Å²) in [4.78, 5) is 2.36. The number of rotatable bonds is 5. The lowest BCUT2D eigenvalue weighted by Crippen LogP contribution is -2.52. The van der Waals surface area contributed by atoms with Crippen molar-refractivity contribution in [3.8, 4) is 11.5 Å². The van der Waals surface area contributed by atoms with Gasteiger partial charge in [0.2, 0.25) is 0 Å². The third-order valence-corrected chi connectivity index (χ3v) is 6.75. The molecule has 0 unspecified atom stereocenters. The van der Waals surface area contributed by atoms with E-state index in [1.54, 1.807) is 13.2 Å². The molecule has 4 nitrogen and oxygen atoms in total. The van der Waals surface area contributed by atoms with Gasteiger partial charge < -0.3 is 9.84 Å². The summed E-state index contributed by atoms with van der Waals surface area (Å²) in [5.74, 6) is 1.42. The number of phenols is 1. The Labute approximate surface area is 129 Å². The smallest absolute Gasteiger partial charge is 0.160 e. The summed E-state index contributed by atoms with van der Waals surface area (Å²) in [5, 5.41) is 9.66. The number of phenolic OH excluding ortho intramolecular Hbond substituents is 1. The van der Waals surface area contributed by atoms with Crippen molar-refractivity contribution in [3.05, 3.63) is 23.8 Å². The van der Waals surface area contributed by atoms with Crippen LogP contribution < -0.4 is 4.74 Å². The number of aromatic hydroxyl groups is 1. The normalized spacial score (nSPS) is 22.1.